The second-order valence-electron chi connectivity index (χ2n) is 8.83. The van der Waals surface area contributed by atoms with Gasteiger partial charge in [0.25, 0.3) is 0 Å². The molecule has 0 bridgehead atoms. The largest absolute Gasteiger partial charge is 0.376 e. The Kier molecular flexibility index (Phi) is 13.5. The van der Waals surface area contributed by atoms with Gasteiger partial charge < -0.3 is 10.6 Å². The van der Waals surface area contributed by atoms with Gasteiger partial charge in [-0.05, 0) is 17.9 Å². The Labute approximate surface area is 190 Å². The van der Waals surface area contributed by atoms with Gasteiger partial charge in [0, 0.05) is 17.6 Å². The van der Waals surface area contributed by atoms with Gasteiger partial charge in [0.2, 0.25) is 5.91 Å². The molecule has 2 aromatic rings. The molecule has 0 spiro atoms. The van der Waals surface area contributed by atoms with Gasteiger partial charge in [0.15, 0.2) is 0 Å². The van der Waals surface area contributed by atoms with Crippen LogP contribution in [0.1, 0.15) is 96.8 Å². The van der Waals surface area contributed by atoms with Crippen LogP contribution in [-0.4, -0.2) is 19.0 Å². The standard InChI is InChI=1S/C28H44N2O/c1-2-3-4-5-6-7-8-9-10-11-12-13-14-17-23-29-28(31)24-30-27-22-18-20-25-19-15-16-21-26(25)27/h15-16,18-22,30H,2-14,17,23-24H2,1H3,(H,29,31). The molecule has 0 radical (unpaired) electrons. The third-order valence-electron chi connectivity index (χ3n) is 6.08. The van der Waals surface area contributed by atoms with Gasteiger partial charge in [0.05, 0.1) is 6.54 Å². The van der Waals surface area contributed by atoms with Crippen molar-refractivity contribution in [3.63, 3.8) is 0 Å². The number of unbranched alkanes of at least 4 members (excludes halogenated alkanes) is 13. The first-order valence-electron chi connectivity index (χ1n) is 12.8. The fourth-order valence-electron chi connectivity index (χ4n) is 4.16. The van der Waals surface area contributed by atoms with Gasteiger partial charge in [-0.1, -0.05) is 127 Å². The van der Waals surface area contributed by atoms with E-state index in [0.29, 0.717) is 6.54 Å². The van der Waals surface area contributed by atoms with E-state index in [-0.39, 0.29) is 5.91 Å². The van der Waals surface area contributed by atoms with E-state index in [0.717, 1.165) is 24.0 Å². The van der Waals surface area contributed by atoms with E-state index in [1.54, 1.807) is 0 Å². The molecule has 172 valence electrons. The number of carbonyl (C=O) groups excluding carboxylic acids is 1. The van der Waals surface area contributed by atoms with Crippen LogP contribution in [0.25, 0.3) is 10.8 Å². The van der Waals surface area contributed by atoms with Gasteiger partial charge in [-0.25, -0.2) is 0 Å². The first-order valence-corrected chi connectivity index (χ1v) is 12.8. The number of carbonyl (C=O) groups is 1. The molecular weight excluding hydrogens is 380 g/mol. The molecule has 0 heterocycles. The van der Waals surface area contributed by atoms with Gasteiger partial charge in [-0.15, -0.1) is 0 Å². The summed E-state index contributed by atoms with van der Waals surface area (Å²) in [4.78, 5) is 12.1. The van der Waals surface area contributed by atoms with Crippen molar-refractivity contribution in [2.45, 2.75) is 96.8 Å². The summed E-state index contributed by atoms with van der Waals surface area (Å²) in [6.07, 6.45) is 19.0. The maximum atomic E-state index is 12.1. The summed E-state index contributed by atoms with van der Waals surface area (Å²) in [5.74, 6) is 0.0719. The minimum atomic E-state index is 0.0719. The predicted octanol–water partition coefficient (Wildman–Crippen LogP) is 7.85. The number of amides is 1. The normalized spacial score (nSPS) is 11.0. The Morgan fingerprint density at radius 2 is 1.23 bits per heavy atom. The van der Waals surface area contributed by atoms with Crippen LogP contribution >= 0.6 is 0 Å². The highest BCUT2D eigenvalue weighted by Crippen LogP contribution is 2.22. The maximum Gasteiger partial charge on any atom is 0.239 e. The van der Waals surface area contributed by atoms with Crippen molar-refractivity contribution in [1.29, 1.82) is 0 Å². The van der Waals surface area contributed by atoms with Crippen molar-refractivity contribution in [2.24, 2.45) is 0 Å². The first-order chi connectivity index (χ1) is 15.3. The van der Waals surface area contributed by atoms with Gasteiger partial charge >= 0.3 is 0 Å². The Hall–Kier alpha value is -2.03. The van der Waals surface area contributed by atoms with Crippen LogP contribution in [0.5, 0.6) is 0 Å². The predicted molar refractivity (Wildman–Crippen MR) is 136 cm³/mol. The highest BCUT2D eigenvalue weighted by Gasteiger charge is 2.03. The minimum absolute atomic E-state index is 0.0719. The molecule has 3 heteroatoms. The number of hydrogen-bond donors (Lipinski definition) is 2. The molecule has 31 heavy (non-hydrogen) atoms. The van der Waals surface area contributed by atoms with Gasteiger partial charge in [0.1, 0.15) is 0 Å². The topological polar surface area (TPSA) is 41.1 Å². The number of fused-ring (bicyclic) bond motifs is 1. The summed E-state index contributed by atoms with van der Waals surface area (Å²) in [7, 11) is 0. The number of anilines is 1. The quantitative estimate of drug-likeness (QED) is 0.239. The zero-order valence-electron chi connectivity index (χ0n) is 19.8. The zero-order chi connectivity index (χ0) is 22.0. The van der Waals surface area contributed by atoms with Gasteiger partial charge in [-0.3, -0.25) is 4.79 Å². The summed E-state index contributed by atoms with van der Waals surface area (Å²) in [6.45, 7) is 3.39. The van der Waals surface area contributed by atoms with Crippen LogP contribution in [0.2, 0.25) is 0 Å². The molecular formula is C28H44N2O. The fourth-order valence-corrected chi connectivity index (χ4v) is 4.16. The molecule has 0 aliphatic carbocycles. The van der Waals surface area contributed by atoms with Crippen LogP contribution in [0, 0.1) is 0 Å². The zero-order valence-corrected chi connectivity index (χ0v) is 19.8. The molecule has 0 fully saturated rings. The lowest BCUT2D eigenvalue weighted by Crippen LogP contribution is -2.30. The molecule has 0 saturated carbocycles. The second kappa shape index (κ2) is 16.6. The number of hydrogen-bond acceptors (Lipinski definition) is 2. The molecule has 1 amide bonds. The summed E-state index contributed by atoms with van der Waals surface area (Å²) in [5.41, 5.74) is 1.02. The lowest BCUT2D eigenvalue weighted by atomic mass is 10.0. The van der Waals surface area contributed by atoms with E-state index in [1.165, 1.54) is 88.9 Å². The van der Waals surface area contributed by atoms with E-state index in [9.17, 15) is 4.79 Å². The molecule has 0 saturated heterocycles. The van der Waals surface area contributed by atoms with Crippen LogP contribution in [0.4, 0.5) is 5.69 Å². The smallest absolute Gasteiger partial charge is 0.239 e. The van der Waals surface area contributed by atoms with Crippen LogP contribution in [0.15, 0.2) is 42.5 Å². The fraction of sp³-hybridized carbons (Fsp3) is 0.607. The van der Waals surface area contributed by atoms with Gasteiger partial charge in [-0.2, -0.15) is 0 Å². The van der Waals surface area contributed by atoms with E-state index in [4.69, 9.17) is 0 Å². The first kappa shape index (κ1) is 25.2. The Balaban J connectivity index is 1.39. The SMILES string of the molecule is CCCCCCCCCCCCCCCCNC(=O)CNc1cccc2ccccc12. The maximum absolute atomic E-state index is 12.1. The van der Waals surface area contributed by atoms with E-state index >= 15 is 0 Å². The molecule has 0 aliphatic heterocycles. The lowest BCUT2D eigenvalue weighted by molar-refractivity contribution is -0.119. The van der Waals surface area contributed by atoms with E-state index in [1.807, 2.05) is 24.3 Å². The molecule has 0 unspecified atom stereocenters. The molecule has 3 nitrogen and oxygen atoms in total. The summed E-state index contributed by atoms with van der Waals surface area (Å²) < 4.78 is 0. The third kappa shape index (κ3) is 11.2. The van der Waals surface area contributed by atoms with Crippen LogP contribution in [-0.2, 0) is 4.79 Å². The minimum Gasteiger partial charge on any atom is -0.376 e. The van der Waals surface area contributed by atoms with Crippen LogP contribution in [0.3, 0.4) is 0 Å². The van der Waals surface area contributed by atoms with E-state index < -0.39 is 0 Å². The van der Waals surface area contributed by atoms with Crippen molar-refractivity contribution in [3.8, 4) is 0 Å². The second-order valence-corrected chi connectivity index (χ2v) is 8.83. The van der Waals surface area contributed by atoms with Crippen molar-refractivity contribution in [3.05, 3.63) is 42.5 Å². The highest BCUT2D eigenvalue weighted by molar-refractivity contribution is 5.95. The van der Waals surface area contributed by atoms with Crippen molar-refractivity contribution >= 4 is 22.4 Å². The van der Waals surface area contributed by atoms with Crippen molar-refractivity contribution < 1.29 is 4.79 Å². The molecule has 0 aromatic heterocycles. The Morgan fingerprint density at radius 1 is 0.677 bits per heavy atom. The molecule has 0 atom stereocenters. The highest BCUT2D eigenvalue weighted by atomic mass is 16.1. The molecule has 0 aliphatic rings. The Bertz CT molecular complexity index is 723. The molecule has 2 rings (SSSR count). The van der Waals surface area contributed by atoms with E-state index in [2.05, 4.69) is 35.8 Å². The third-order valence-corrected chi connectivity index (χ3v) is 6.08. The summed E-state index contributed by atoms with van der Waals surface area (Å²) in [5, 5.41) is 8.67. The lowest BCUT2D eigenvalue weighted by Gasteiger charge is -2.10. The molecule has 2 aromatic carbocycles. The van der Waals surface area contributed by atoms with Crippen molar-refractivity contribution in [1.82, 2.24) is 5.32 Å². The number of nitrogens with one attached hydrogen (secondary N) is 2. The summed E-state index contributed by atoms with van der Waals surface area (Å²) >= 11 is 0. The molecule has 2 N–H and O–H groups in total. The summed E-state index contributed by atoms with van der Waals surface area (Å²) in [6, 6.07) is 14.4. The Morgan fingerprint density at radius 3 is 1.87 bits per heavy atom. The number of rotatable bonds is 18. The monoisotopic (exact) mass is 424 g/mol. The van der Waals surface area contributed by atoms with Crippen LogP contribution < -0.4 is 10.6 Å². The number of benzene rings is 2. The average Bonchev–Trinajstić information content (AvgIpc) is 2.80. The average molecular weight is 425 g/mol. The van der Waals surface area contributed by atoms with Crippen molar-refractivity contribution in [2.75, 3.05) is 18.4 Å².